The predicted octanol–water partition coefficient (Wildman–Crippen LogP) is 3.53. The number of H-pyrrole nitrogens is 2. The highest BCUT2D eigenvalue weighted by Gasteiger charge is 2.10. The summed E-state index contributed by atoms with van der Waals surface area (Å²) in [5, 5.41) is 5.73. The van der Waals surface area contributed by atoms with Gasteiger partial charge in [0.15, 0.2) is 0 Å². The summed E-state index contributed by atoms with van der Waals surface area (Å²) in [6, 6.07) is 3.98. The van der Waals surface area contributed by atoms with E-state index in [4.69, 9.17) is 23.8 Å². The van der Waals surface area contributed by atoms with Crippen molar-refractivity contribution in [3.05, 3.63) is 31.9 Å². The molecule has 2 aromatic heterocycles. The topological polar surface area (TPSA) is 44.5 Å². The second kappa shape index (κ2) is 4.47. The maximum Gasteiger partial charge on any atom is 0.213 e. The highest BCUT2D eigenvalue weighted by Crippen LogP contribution is 2.29. The Morgan fingerprint density at radius 3 is 2.87 bits per heavy atom. The molecule has 0 amide bonds. The Balaban J connectivity index is 2.10. The maximum absolute atomic E-state index is 5.88. The van der Waals surface area contributed by atoms with Crippen molar-refractivity contribution in [2.75, 3.05) is 0 Å². The van der Waals surface area contributed by atoms with Crippen LogP contribution in [0, 0.1) is 4.77 Å². The molecule has 0 spiro atoms. The number of rotatable bonds is 3. The fourth-order valence-electron chi connectivity index (χ4n) is 1.38. The van der Waals surface area contributed by atoms with E-state index in [1.165, 1.54) is 4.88 Å². The summed E-state index contributed by atoms with van der Waals surface area (Å²) >= 11 is 12.4. The summed E-state index contributed by atoms with van der Waals surface area (Å²) in [5.41, 5.74) is 0. The Hall–Kier alpha value is -0.650. The SMILES string of the molecule is CC(Cc1nc(=S)[nH][nH]1)c1ccc(Cl)s1. The third kappa shape index (κ3) is 2.68. The van der Waals surface area contributed by atoms with Crippen molar-refractivity contribution in [2.24, 2.45) is 0 Å². The third-order valence-electron chi connectivity index (χ3n) is 2.13. The normalized spacial score (nSPS) is 12.9. The number of aromatic nitrogens is 3. The van der Waals surface area contributed by atoms with E-state index < -0.39 is 0 Å². The number of nitrogens with one attached hydrogen (secondary N) is 2. The summed E-state index contributed by atoms with van der Waals surface area (Å²) < 4.78 is 1.33. The van der Waals surface area contributed by atoms with Gasteiger partial charge in [-0.1, -0.05) is 18.5 Å². The number of nitrogens with zero attached hydrogens (tertiary/aromatic N) is 1. The van der Waals surface area contributed by atoms with Crippen molar-refractivity contribution < 1.29 is 0 Å². The first-order valence-corrected chi connectivity index (χ1v) is 6.14. The van der Waals surface area contributed by atoms with Gasteiger partial charge in [-0.2, -0.15) is 0 Å². The van der Waals surface area contributed by atoms with Crippen molar-refractivity contribution >= 4 is 35.2 Å². The molecule has 0 radical (unpaired) electrons. The molecule has 0 aromatic carbocycles. The molecule has 2 aromatic rings. The fraction of sp³-hybridized carbons (Fsp3) is 0.333. The van der Waals surface area contributed by atoms with Crippen LogP contribution in [0.15, 0.2) is 12.1 Å². The van der Waals surface area contributed by atoms with E-state index in [-0.39, 0.29) is 0 Å². The molecule has 0 aliphatic heterocycles. The lowest BCUT2D eigenvalue weighted by atomic mass is 10.1. The van der Waals surface area contributed by atoms with Crippen LogP contribution in [0.1, 0.15) is 23.5 Å². The lowest BCUT2D eigenvalue weighted by Gasteiger charge is -2.05. The van der Waals surface area contributed by atoms with E-state index in [0.29, 0.717) is 10.7 Å². The zero-order valence-corrected chi connectivity index (χ0v) is 10.5. The molecule has 1 unspecified atom stereocenters. The minimum absolute atomic E-state index is 0.399. The van der Waals surface area contributed by atoms with Crippen LogP contribution in [-0.2, 0) is 6.42 Å². The summed E-state index contributed by atoms with van der Waals surface area (Å²) in [5.74, 6) is 1.29. The Morgan fingerprint density at radius 2 is 2.33 bits per heavy atom. The highest BCUT2D eigenvalue weighted by molar-refractivity contribution is 7.71. The van der Waals surface area contributed by atoms with Gasteiger partial charge in [-0.05, 0) is 30.3 Å². The molecular formula is C9H10ClN3S2. The molecule has 15 heavy (non-hydrogen) atoms. The van der Waals surface area contributed by atoms with E-state index >= 15 is 0 Å². The third-order valence-corrected chi connectivity index (χ3v) is 3.79. The van der Waals surface area contributed by atoms with Crippen LogP contribution in [0.2, 0.25) is 4.34 Å². The van der Waals surface area contributed by atoms with Crippen molar-refractivity contribution in [1.82, 2.24) is 15.2 Å². The van der Waals surface area contributed by atoms with E-state index in [1.54, 1.807) is 11.3 Å². The molecule has 2 rings (SSSR count). The van der Waals surface area contributed by atoms with Gasteiger partial charge in [0.2, 0.25) is 4.77 Å². The lowest BCUT2D eigenvalue weighted by Crippen LogP contribution is -1.97. The number of thiophene rings is 1. The molecule has 0 bridgehead atoms. The highest BCUT2D eigenvalue weighted by atomic mass is 35.5. The van der Waals surface area contributed by atoms with Gasteiger partial charge in [0.25, 0.3) is 0 Å². The Morgan fingerprint density at radius 1 is 1.53 bits per heavy atom. The van der Waals surface area contributed by atoms with Crippen molar-refractivity contribution in [3.63, 3.8) is 0 Å². The zero-order valence-electron chi connectivity index (χ0n) is 8.08. The van der Waals surface area contributed by atoms with Gasteiger partial charge in [0, 0.05) is 11.3 Å². The molecule has 2 heterocycles. The molecule has 0 fully saturated rings. The van der Waals surface area contributed by atoms with Gasteiger partial charge in [-0.3, -0.25) is 10.2 Å². The van der Waals surface area contributed by atoms with E-state index in [0.717, 1.165) is 16.6 Å². The minimum Gasteiger partial charge on any atom is -0.286 e. The first-order valence-electron chi connectivity index (χ1n) is 4.54. The Kier molecular flexibility index (Phi) is 3.23. The van der Waals surface area contributed by atoms with Crippen LogP contribution in [0.5, 0.6) is 0 Å². The largest absolute Gasteiger partial charge is 0.286 e. The van der Waals surface area contributed by atoms with Gasteiger partial charge in [0.1, 0.15) is 5.82 Å². The average Bonchev–Trinajstić information content (AvgIpc) is 2.75. The molecule has 0 saturated heterocycles. The van der Waals surface area contributed by atoms with Gasteiger partial charge in [-0.15, -0.1) is 11.3 Å². The van der Waals surface area contributed by atoms with Gasteiger partial charge in [-0.25, -0.2) is 4.98 Å². The average molecular weight is 260 g/mol. The van der Waals surface area contributed by atoms with Crippen molar-refractivity contribution in [3.8, 4) is 0 Å². The van der Waals surface area contributed by atoms with E-state index in [2.05, 4.69) is 28.2 Å². The predicted molar refractivity (Wildman–Crippen MR) is 65.2 cm³/mol. The van der Waals surface area contributed by atoms with Crippen LogP contribution in [0.4, 0.5) is 0 Å². The van der Waals surface area contributed by atoms with Gasteiger partial charge in [0.05, 0.1) is 4.34 Å². The van der Waals surface area contributed by atoms with E-state index in [1.807, 2.05) is 6.07 Å². The van der Waals surface area contributed by atoms with Crippen LogP contribution in [0.3, 0.4) is 0 Å². The van der Waals surface area contributed by atoms with Crippen molar-refractivity contribution in [2.45, 2.75) is 19.3 Å². The number of aromatic amines is 2. The van der Waals surface area contributed by atoms with Gasteiger partial charge < -0.3 is 0 Å². The molecule has 3 nitrogen and oxygen atoms in total. The van der Waals surface area contributed by atoms with Crippen molar-refractivity contribution in [1.29, 1.82) is 0 Å². The Labute approximate surface area is 102 Å². The molecular weight excluding hydrogens is 250 g/mol. The second-order valence-electron chi connectivity index (χ2n) is 3.36. The fourth-order valence-corrected chi connectivity index (χ4v) is 2.66. The Bertz CT molecular complexity index is 499. The maximum atomic E-state index is 5.88. The van der Waals surface area contributed by atoms with E-state index in [9.17, 15) is 0 Å². The monoisotopic (exact) mass is 259 g/mol. The zero-order chi connectivity index (χ0) is 10.8. The molecule has 6 heteroatoms. The lowest BCUT2D eigenvalue weighted by molar-refractivity contribution is 0.733. The first-order chi connectivity index (χ1) is 7.15. The molecule has 0 aliphatic rings. The molecule has 1 atom stereocenters. The standard InChI is InChI=1S/C9H10ClN3S2/c1-5(6-2-3-7(10)15-6)4-8-11-9(14)13-12-8/h2-3,5H,4H2,1H3,(H2,11,12,13,14). The molecule has 0 aliphatic carbocycles. The molecule has 0 saturated carbocycles. The van der Waals surface area contributed by atoms with Crippen LogP contribution in [0.25, 0.3) is 0 Å². The summed E-state index contributed by atoms with van der Waals surface area (Å²) in [6.45, 7) is 2.15. The quantitative estimate of drug-likeness (QED) is 0.829. The summed E-state index contributed by atoms with van der Waals surface area (Å²) in [7, 11) is 0. The number of hydrogen-bond donors (Lipinski definition) is 2. The van der Waals surface area contributed by atoms with Gasteiger partial charge >= 0.3 is 0 Å². The number of hydrogen-bond acceptors (Lipinski definition) is 3. The summed E-state index contributed by atoms with van der Waals surface area (Å²) in [6.07, 6.45) is 0.837. The first kappa shape index (κ1) is 10.9. The smallest absolute Gasteiger partial charge is 0.213 e. The minimum atomic E-state index is 0.399. The molecule has 80 valence electrons. The molecule has 2 N–H and O–H groups in total. The summed E-state index contributed by atoms with van der Waals surface area (Å²) in [4.78, 5) is 5.42. The van der Waals surface area contributed by atoms with Crippen LogP contribution >= 0.6 is 35.2 Å². The number of halogens is 1. The second-order valence-corrected chi connectivity index (χ2v) is 5.49. The van der Waals surface area contributed by atoms with Crippen LogP contribution in [-0.4, -0.2) is 15.2 Å². The van der Waals surface area contributed by atoms with Crippen LogP contribution < -0.4 is 0 Å².